The monoisotopic (exact) mass is 319 g/mol. The van der Waals surface area contributed by atoms with Gasteiger partial charge in [0.2, 0.25) is 11.9 Å². The van der Waals surface area contributed by atoms with Crippen molar-refractivity contribution in [2.45, 2.75) is 26.3 Å². The molecule has 23 heavy (non-hydrogen) atoms. The average molecular weight is 319 g/mol. The van der Waals surface area contributed by atoms with Crippen LogP contribution in [0.3, 0.4) is 0 Å². The van der Waals surface area contributed by atoms with Crippen LogP contribution < -0.4 is 16.0 Å². The molecule has 1 aliphatic rings. The quantitative estimate of drug-likeness (QED) is 0.577. The lowest BCUT2D eigenvalue weighted by molar-refractivity contribution is -0.131. The average Bonchev–Trinajstić information content (AvgIpc) is 2.55. The van der Waals surface area contributed by atoms with Crippen molar-refractivity contribution >= 4 is 17.8 Å². The zero-order valence-corrected chi connectivity index (χ0v) is 13.8. The van der Waals surface area contributed by atoms with Crippen molar-refractivity contribution in [1.82, 2.24) is 20.2 Å². The summed E-state index contributed by atoms with van der Waals surface area (Å²) in [5, 5.41) is 3.00. The minimum Gasteiger partial charge on any atom is -0.370 e. The van der Waals surface area contributed by atoms with Crippen molar-refractivity contribution in [1.29, 1.82) is 0 Å². The number of amides is 1. The van der Waals surface area contributed by atoms with E-state index in [9.17, 15) is 4.79 Å². The Bertz CT molecular complexity index is 524. The number of carbonyl (C=O) groups excluding carboxylic acids is 1. The number of anilines is 1. The number of nitrogens with zero attached hydrogens (tertiary/aromatic N) is 5. The predicted octanol–water partition coefficient (Wildman–Crippen LogP) is -0.172. The normalized spacial score (nSPS) is 15.9. The summed E-state index contributed by atoms with van der Waals surface area (Å²) in [5.74, 6) is 1.22. The highest BCUT2D eigenvalue weighted by atomic mass is 16.2. The van der Waals surface area contributed by atoms with Crippen LogP contribution in [0.2, 0.25) is 0 Å². The molecule has 8 heteroatoms. The third kappa shape index (κ3) is 5.39. The first-order valence-electron chi connectivity index (χ1n) is 7.92. The highest BCUT2D eigenvalue weighted by molar-refractivity contribution is 5.79. The van der Waals surface area contributed by atoms with E-state index in [0.29, 0.717) is 32.0 Å². The molecular formula is C15H25N7O. The summed E-state index contributed by atoms with van der Waals surface area (Å²) < 4.78 is 0. The molecule has 0 spiro atoms. The molecule has 126 valence electrons. The lowest BCUT2D eigenvalue weighted by atomic mass is 10.3. The first-order chi connectivity index (χ1) is 11.1. The van der Waals surface area contributed by atoms with Gasteiger partial charge in [0.25, 0.3) is 0 Å². The summed E-state index contributed by atoms with van der Waals surface area (Å²) in [7, 11) is 0. The fourth-order valence-electron chi connectivity index (χ4n) is 2.38. The Labute approximate surface area is 136 Å². The maximum atomic E-state index is 12.2. The van der Waals surface area contributed by atoms with Crippen LogP contribution in [0.5, 0.6) is 0 Å². The van der Waals surface area contributed by atoms with Crippen LogP contribution in [0, 0.1) is 0 Å². The van der Waals surface area contributed by atoms with Gasteiger partial charge in [-0.3, -0.25) is 9.79 Å². The predicted molar refractivity (Wildman–Crippen MR) is 90.2 cm³/mol. The van der Waals surface area contributed by atoms with Crippen LogP contribution in [0.1, 0.15) is 20.3 Å². The van der Waals surface area contributed by atoms with Gasteiger partial charge < -0.3 is 20.9 Å². The molecule has 1 amide bonds. The third-order valence-corrected chi connectivity index (χ3v) is 3.51. The van der Waals surface area contributed by atoms with Gasteiger partial charge in [0.1, 0.15) is 0 Å². The molecule has 0 saturated carbocycles. The molecule has 1 aromatic heterocycles. The van der Waals surface area contributed by atoms with E-state index in [2.05, 4.69) is 25.2 Å². The molecule has 2 rings (SSSR count). The van der Waals surface area contributed by atoms with Gasteiger partial charge in [0.05, 0.1) is 6.54 Å². The van der Waals surface area contributed by atoms with Crippen molar-refractivity contribution in [3.63, 3.8) is 0 Å². The van der Waals surface area contributed by atoms with Gasteiger partial charge in [-0.2, -0.15) is 0 Å². The van der Waals surface area contributed by atoms with E-state index in [4.69, 9.17) is 5.73 Å². The van der Waals surface area contributed by atoms with E-state index in [-0.39, 0.29) is 11.9 Å². The number of hydrogen-bond donors (Lipinski definition) is 2. The number of hydrogen-bond acceptors (Lipinski definition) is 5. The molecule has 1 fully saturated rings. The van der Waals surface area contributed by atoms with E-state index in [1.807, 2.05) is 18.7 Å². The van der Waals surface area contributed by atoms with Gasteiger partial charge in [-0.1, -0.05) is 0 Å². The van der Waals surface area contributed by atoms with Crippen molar-refractivity contribution in [2.24, 2.45) is 10.7 Å². The summed E-state index contributed by atoms with van der Waals surface area (Å²) in [6.45, 7) is 7.24. The Morgan fingerprint density at radius 2 is 1.96 bits per heavy atom. The summed E-state index contributed by atoms with van der Waals surface area (Å²) in [5.41, 5.74) is 5.72. The topological polar surface area (TPSA) is 99.7 Å². The van der Waals surface area contributed by atoms with Crippen molar-refractivity contribution in [3.8, 4) is 0 Å². The zero-order valence-electron chi connectivity index (χ0n) is 13.8. The molecule has 8 nitrogen and oxygen atoms in total. The number of aliphatic imine (C=N–C) groups is 1. The minimum atomic E-state index is 0.111. The lowest BCUT2D eigenvalue weighted by Gasteiger charge is -2.34. The molecule has 0 aromatic carbocycles. The molecule has 0 atom stereocenters. The van der Waals surface area contributed by atoms with E-state index in [1.165, 1.54) is 0 Å². The van der Waals surface area contributed by atoms with Gasteiger partial charge >= 0.3 is 0 Å². The lowest BCUT2D eigenvalue weighted by Crippen LogP contribution is -2.49. The number of nitrogens with two attached hydrogens (primary N) is 1. The Kier molecular flexibility index (Phi) is 6.13. The minimum absolute atomic E-state index is 0.111. The van der Waals surface area contributed by atoms with Gasteiger partial charge in [0.15, 0.2) is 5.96 Å². The Morgan fingerprint density at radius 3 is 2.57 bits per heavy atom. The Balaban J connectivity index is 1.73. The first-order valence-corrected chi connectivity index (χ1v) is 7.92. The number of piperazine rings is 1. The standard InChI is InChI=1S/C15H25N7O/c1-12(2)20-14(16)17-7-4-13(23)21-8-10-22(11-9-21)15-18-5-3-6-19-15/h3,5-6,12H,4,7-11H2,1-2H3,(H3,16,17,20). The third-order valence-electron chi connectivity index (χ3n) is 3.51. The van der Waals surface area contributed by atoms with Gasteiger partial charge in [-0.25, -0.2) is 9.97 Å². The van der Waals surface area contributed by atoms with Crippen LogP contribution in [0.25, 0.3) is 0 Å². The second-order valence-corrected chi connectivity index (χ2v) is 5.73. The number of carbonyl (C=O) groups is 1. The van der Waals surface area contributed by atoms with E-state index < -0.39 is 0 Å². The fraction of sp³-hybridized carbons (Fsp3) is 0.600. The summed E-state index contributed by atoms with van der Waals surface area (Å²) >= 11 is 0. The van der Waals surface area contributed by atoms with Crippen molar-refractivity contribution in [3.05, 3.63) is 18.5 Å². The first kappa shape index (κ1) is 17.0. The van der Waals surface area contributed by atoms with Crippen molar-refractivity contribution in [2.75, 3.05) is 37.6 Å². The smallest absolute Gasteiger partial charge is 0.225 e. The van der Waals surface area contributed by atoms with Crippen molar-refractivity contribution < 1.29 is 4.79 Å². The maximum Gasteiger partial charge on any atom is 0.225 e. The number of guanidine groups is 1. The Hall–Kier alpha value is -2.38. The fourth-order valence-corrected chi connectivity index (χ4v) is 2.38. The summed E-state index contributed by atoms with van der Waals surface area (Å²) in [6.07, 6.45) is 3.84. The number of rotatable bonds is 5. The molecule has 2 heterocycles. The summed E-state index contributed by atoms with van der Waals surface area (Å²) in [4.78, 5) is 28.8. The van der Waals surface area contributed by atoms with Gasteiger partial charge in [-0.05, 0) is 19.9 Å². The van der Waals surface area contributed by atoms with Crippen LogP contribution >= 0.6 is 0 Å². The largest absolute Gasteiger partial charge is 0.370 e. The molecule has 0 radical (unpaired) electrons. The molecule has 0 bridgehead atoms. The molecule has 1 aromatic rings. The number of aromatic nitrogens is 2. The highest BCUT2D eigenvalue weighted by Crippen LogP contribution is 2.10. The van der Waals surface area contributed by atoms with E-state index >= 15 is 0 Å². The number of nitrogens with one attached hydrogen (secondary N) is 1. The molecule has 0 unspecified atom stereocenters. The maximum absolute atomic E-state index is 12.2. The highest BCUT2D eigenvalue weighted by Gasteiger charge is 2.21. The van der Waals surface area contributed by atoms with Crippen LogP contribution in [0.4, 0.5) is 5.95 Å². The zero-order chi connectivity index (χ0) is 16.7. The molecular weight excluding hydrogens is 294 g/mol. The molecule has 1 saturated heterocycles. The van der Waals surface area contributed by atoms with Crippen LogP contribution in [-0.2, 0) is 4.79 Å². The second-order valence-electron chi connectivity index (χ2n) is 5.73. The van der Waals surface area contributed by atoms with Gasteiger partial charge in [0, 0.05) is 51.0 Å². The van der Waals surface area contributed by atoms with E-state index in [1.54, 1.807) is 18.5 Å². The van der Waals surface area contributed by atoms with E-state index in [0.717, 1.165) is 19.0 Å². The van der Waals surface area contributed by atoms with Crippen LogP contribution in [-0.4, -0.2) is 65.5 Å². The van der Waals surface area contributed by atoms with Crippen LogP contribution in [0.15, 0.2) is 23.5 Å². The van der Waals surface area contributed by atoms with Gasteiger partial charge in [-0.15, -0.1) is 0 Å². The SMILES string of the molecule is CC(C)NC(N)=NCCC(=O)N1CCN(c2ncccn2)CC1. The Morgan fingerprint density at radius 1 is 1.30 bits per heavy atom. The summed E-state index contributed by atoms with van der Waals surface area (Å²) in [6, 6.07) is 2.03. The molecule has 3 N–H and O–H groups in total. The molecule has 1 aliphatic heterocycles. The molecule has 0 aliphatic carbocycles. The second kappa shape index (κ2) is 8.30.